The van der Waals surface area contributed by atoms with Crippen LogP contribution in [0.3, 0.4) is 0 Å². The molecule has 40 heavy (non-hydrogen) atoms. The van der Waals surface area contributed by atoms with Gasteiger partial charge in [-0.05, 0) is 59.9 Å². The van der Waals surface area contributed by atoms with Gasteiger partial charge < -0.3 is 14.6 Å². The minimum atomic E-state index is -1.25. The molecule has 1 aromatic rings. The number of esters is 1. The molecular formula is C34H57NO5. The van der Waals surface area contributed by atoms with Crippen molar-refractivity contribution in [1.29, 1.82) is 0 Å². The van der Waals surface area contributed by atoms with Crippen LogP contribution in [0.2, 0.25) is 0 Å². The molecule has 6 nitrogen and oxygen atoms in total. The van der Waals surface area contributed by atoms with E-state index in [9.17, 15) is 14.7 Å². The second kappa shape index (κ2) is 18.9. The molecule has 0 heterocycles. The number of aliphatic hydroxyl groups is 1. The second-order valence-electron chi connectivity index (χ2n) is 12.8. The van der Waals surface area contributed by atoms with Crippen LogP contribution < -0.4 is 0 Å². The van der Waals surface area contributed by atoms with E-state index in [0.717, 1.165) is 24.8 Å². The predicted octanol–water partition coefficient (Wildman–Crippen LogP) is 8.75. The average Bonchev–Trinajstić information content (AvgIpc) is 2.85. The van der Waals surface area contributed by atoms with Crippen LogP contribution in [0.5, 0.6) is 0 Å². The topological polar surface area (TPSA) is 76.1 Å². The normalized spacial score (nSPS) is 13.7. The number of carbonyl (C=O) groups excluding carboxylic acids is 2. The summed E-state index contributed by atoms with van der Waals surface area (Å²) in [6.07, 6.45) is 16.4. The molecule has 0 unspecified atom stereocenters. The summed E-state index contributed by atoms with van der Waals surface area (Å²) in [6.45, 7) is 13.0. The predicted molar refractivity (Wildman–Crippen MR) is 164 cm³/mol. The van der Waals surface area contributed by atoms with Crippen molar-refractivity contribution in [1.82, 2.24) is 4.90 Å². The Hall–Kier alpha value is -2.34. The third-order valence-electron chi connectivity index (χ3n) is 6.44. The van der Waals surface area contributed by atoms with E-state index in [1.807, 2.05) is 36.4 Å². The van der Waals surface area contributed by atoms with E-state index < -0.39 is 35.4 Å². The average molecular weight is 560 g/mol. The Balaban J connectivity index is 2.82. The molecule has 0 spiro atoms. The zero-order chi connectivity index (χ0) is 30.0. The van der Waals surface area contributed by atoms with Gasteiger partial charge in [0.25, 0.3) is 0 Å². The molecular weight excluding hydrogens is 502 g/mol. The van der Waals surface area contributed by atoms with Crippen LogP contribution in [-0.4, -0.2) is 45.4 Å². The maximum absolute atomic E-state index is 13.4. The van der Waals surface area contributed by atoms with Crippen molar-refractivity contribution >= 4 is 12.1 Å². The van der Waals surface area contributed by atoms with Crippen molar-refractivity contribution in [3.8, 4) is 0 Å². The number of nitrogens with zero attached hydrogens (tertiary/aromatic N) is 1. The smallest absolute Gasteiger partial charge is 0.411 e. The molecule has 1 amide bonds. The van der Waals surface area contributed by atoms with Gasteiger partial charge in [0.05, 0.1) is 6.54 Å². The molecule has 0 aromatic heterocycles. The summed E-state index contributed by atoms with van der Waals surface area (Å²) in [5.41, 5.74) is -0.722. The highest BCUT2D eigenvalue weighted by atomic mass is 16.6. The highest BCUT2D eigenvalue weighted by Gasteiger charge is 2.39. The van der Waals surface area contributed by atoms with Gasteiger partial charge in [-0.25, -0.2) is 9.59 Å². The third-order valence-corrected chi connectivity index (χ3v) is 6.44. The van der Waals surface area contributed by atoms with E-state index in [1.54, 1.807) is 47.6 Å². The molecule has 2 atom stereocenters. The van der Waals surface area contributed by atoms with Gasteiger partial charge in [-0.1, -0.05) is 114 Å². The molecule has 0 aliphatic rings. The first-order valence-electron chi connectivity index (χ1n) is 15.4. The Morgan fingerprint density at radius 3 is 1.80 bits per heavy atom. The van der Waals surface area contributed by atoms with Crippen molar-refractivity contribution in [2.75, 3.05) is 0 Å². The fourth-order valence-electron chi connectivity index (χ4n) is 4.46. The molecule has 0 bridgehead atoms. The molecule has 228 valence electrons. The summed E-state index contributed by atoms with van der Waals surface area (Å²) in [4.78, 5) is 28.0. The van der Waals surface area contributed by atoms with E-state index in [4.69, 9.17) is 9.47 Å². The van der Waals surface area contributed by atoms with Crippen molar-refractivity contribution in [2.45, 2.75) is 155 Å². The van der Waals surface area contributed by atoms with Crippen molar-refractivity contribution < 1.29 is 24.2 Å². The highest BCUT2D eigenvalue weighted by molar-refractivity contribution is 5.83. The van der Waals surface area contributed by atoms with E-state index >= 15 is 0 Å². The number of allylic oxidation sites excluding steroid dienone is 1. The first-order chi connectivity index (χ1) is 18.8. The van der Waals surface area contributed by atoms with Crippen LogP contribution in [0, 0.1) is 0 Å². The lowest BCUT2D eigenvalue weighted by atomic mass is 10.0. The summed E-state index contributed by atoms with van der Waals surface area (Å²) in [7, 11) is 0. The van der Waals surface area contributed by atoms with Gasteiger partial charge in [0, 0.05) is 0 Å². The Morgan fingerprint density at radius 1 is 0.800 bits per heavy atom. The maximum atomic E-state index is 13.4. The zero-order valence-electron chi connectivity index (χ0n) is 26.4. The number of rotatable bonds is 18. The molecule has 0 saturated heterocycles. The van der Waals surface area contributed by atoms with Gasteiger partial charge in [0.2, 0.25) is 0 Å². The van der Waals surface area contributed by atoms with E-state index in [1.165, 1.54) is 62.7 Å². The number of amides is 1. The zero-order valence-corrected chi connectivity index (χ0v) is 26.4. The van der Waals surface area contributed by atoms with Crippen LogP contribution >= 0.6 is 0 Å². The number of aliphatic hydroxyl groups excluding tert-OH is 1. The van der Waals surface area contributed by atoms with Crippen LogP contribution in [0.25, 0.3) is 0 Å². The van der Waals surface area contributed by atoms with E-state index in [0.29, 0.717) is 0 Å². The minimum absolute atomic E-state index is 0.100. The third kappa shape index (κ3) is 16.7. The number of hydrogen-bond donors (Lipinski definition) is 1. The first kappa shape index (κ1) is 35.7. The van der Waals surface area contributed by atoms with Crippen LogP contribution in [0.4, 0.5) is 4.79 Å². The molecule has 0 aliphatic heterocycles. The highest BCUT2D eigenvalue weighted by Crippen LogP contribution is 2.21. The second-order valence-corrected chi connectivity index (χ2v) is 12.8. The van der Waals surface area contributed by atoms with Gasteiger partial charge in [0.15, 0.2) is 6.04 Å². The number of hydrogen-bond acceptors (Lipinski definition) is 5. The molecule has 0 aliphatic carbocycles. The van der Waals surface area contributed by atoms with Crippen molar-refractivity contribution in [2.24, 2.45) is 0 Å². The standard InChI is InChI=1S/C34H57NO5/c1-8-9-10-11-12-13-14-15-16-17-18-19-23-26-29(36)30(31(37)39-33(2,3)4)35(32(38)40-34(5,6)7)27-28-24-21-20-22-25-28/h20-26,29-30,36H,8-19,27H2,1-7H3/b26-23+/t29-,30+/m1/s1. The minimum Gasteiger partial charge on any atom is -0.458 e. The van der Waals surface area contributed by atoms with Gasteiger partial charge in [0.1, 0.15) is 17.3 Å². The van der Waals surface area contributed by atoms with Crippen molar-refractivity contribution in [3.05, 3.63) is 48.0 Å². The molecule has 0 radical (unpaired) electrons. The SMILES string of the molecule is CCCCCCCCCCCCC/C=C/[C@@H](O)[C@@H](C(=O)OC(C)(C)C)N(Cc1ccccc1)C(=O)OC(C)(C)C. The summed E-state index contributed by atoms with van der Waals surface area (Å²) in [5.74, 6) is -0.666. The molecule has 1 rings (SSSR count). The van der Waals surface area contributed by atoms with Crippen molar-refractivity contribution in [3.63, 3.8) is 0 Å². The van der Waals surface area contributed by atoms with Gasteiger partial charge >= 0.3 is 12.1 Å². The summed E-state index contributed by atoms with van der Waals surface area (Å²) in [5, 5.41) is 11.2. The Labute approximate surface area is 244 Å². The summed E-state index contributed by atoms with van der Waals surface area (Å²) >= 11 is 0. The largest absolute Gasteiger partial charge is 0.458 e. The van der Waals surface area contributed by atoms with Crippen LogP contribution in [-0.2, 0) is 20.8 Å². The molecule has 0 fully saturated rings. The van der Waals surface area contributed by atoms with Gasteiger partial charge in [-0.2, -0.15) is 0 Å². The first-order valence-corrected chi connectivity index (χ1v) is 15.4. The fourth-order valence-corrected chi connectivity index (χ4v) is 4.46. The summed E-state index contributed by atoms with van der Waals surface area (Å²) in [6, 6.07) is 8.13. The lowest BCUT2D eigenvalue weighted by Gasteiger charge is -2.35. The Bertz CT molecular complexity index is 853. The Morgan fingerprint density at radius 2 is 1.30 bits per heavy atom. The van der Waals surface area contributed by atoms with Gasteiger partial charge in [-0.3, -0.25) is 4.90 Å². The molecule has 0 saturated carbocycles. The lowest BCUT2D eigenvalue weighted by molar-refractivity contribution is -0.164. The quantitative estimate of drug-likeness (QED) is 0.111. The molecule has 1 N–H and O–H groups in total. The van der Waals surface area contributed by atoms with Gasteiger partial charge in [-0.15, -0.1) is 0 Å². The van der Waals surface area contributed by atoms with Crippen LogP contribution in [0.1, 0.15) is 131 Å². The number of unbranched alkanes of at least 4 members (excludes halogenated alkanes) is 11. The lowest BCUT2D eigenvalue weighted by Crippen LogP contribution is -2.53. The molecule has 1 aromatic carbocycles. The number of benzene rings is 1. The number of carbonyl (C=O) groups is 2. The summed E-state index contributed by atoms with van der Waals surface area (Å²) < 4.78 is 11.3. The number of ether oxygens (including phenoxy) is 2. The fraction of sp³-hybridized carbons (Fsp3) is 0.706. The Kier molecular flexibility index (Phi) is 16.9. The van der Waals surface area contributed by atoms with Crippen LogP contribution in [0.15, 0.2) is 42.5 Å². The molecule has 6 heteroatoms. The van der Waals surface area contributed by atoms with E-state index in [-0.39, 0.29) is 6.54 Å². The van der Waals surface area contributed by atoms with E-state index in [2.05, 4.69) is 6.92 Å². The maximum Gasteiger partial charge on any atom is 0.411 e. The monoisotopic (exact) mass is 559 g/mol.